The second-order valence-electron chi connectivity index (χ2n) is 7.92. The first-order chi connectivity index (χ1) is 16.9. The zero-order chi connectivity index (χ0) is 24.9. The van der Waals surface area contributed by atoms with Crippen molar-refractivity contribution in [3.05, 3.63) is 43.5 Å². The highest BCUT2D eigenvalue weighted by atomic mass is 79.9. The molecule has 35 heavy (non-hydrogen) atoms. The van der Waals surface area contributed by atoms with Crippen LogP contribution in [0.25, 0.3) is 10.2 Å². The largest absolute Gasteiger partial charge is 0.462 e. The zero-order valence-corrected chi connectivity index (χ0v) is 23.6. The Morgan fingerprint density at radius 2 is 1.97 bits per heavy atom. The van der Waals surface area contributed by atoms with Crippen molar-refractivity contribution in [1.29, 1.82) is 0 Å². The number of rotatable bonds is 8. The Kier molecular flexibility index (Phi) is 8.85. The van der Waals surface area contributed by atoms with Crippen molar-refractivity contribution in [2.24, 2.45) is 4.99 Å². The summed E-state index contributed by atoms with van der Waals surface area (Å²) < 4.78 is 9.28. The minimum atomic E-state index is -0.386. The average Bonchev–Trinajstić information content (AvgIpc) is 3.35. The number of thiazole rings is 1. The quantitative estimate of drug-likeness (QED) is 0.352. The van der Waals surface area contributed by atoms with Gasteiger partial charge >= 0.3 is 5.97 Å². The lowest BCUT2D eigenvalue weighted by molar-refractivity contribution is -0.115. The number of aromatic nitrogens is 1. The molecule has 1 N–H and O–H groups in total. The number of thioether (sulfide) groups is 1. The molecule has 1 aromatic carbocycles. The molecular formula is C24H26BrN3O4S3. The number of thiophene rings is 1. The van der Waals surface area contributed by atoms with Gasteiger partial charge in [0.25, 0.3) is 5.91 Å². The van der Waals surface area contributed by atoms with Crippen molar-refractivity contribution in [3.63, 3.8) is 0 Å². The summed E-state index contributed by atoms with van der Waals surface area (Å²) >= 11 is 7.62. The molecule has 0 radical (unpaired) electrons. The van der Waals surface area contributed by atoms with Gasteiger partial charge in [-0.05, 0) is 63.3 Å². The Bertz CT molecular complexity index is 1340. The van der Waals surface area contributed by atoms with Gasteiger partial charge in [0.1, 0.15) is 5.00 Å². The Hall–Kier alpha value is -1.95. The molecule has 2 aromatic heterocycles. The molecule has 0 atom stereocenters. The Morgan fingerprint density at radius 3 is 2.74 bits per heavy atom. The number of nitrogens with zero attached hydrogens (tertiary/aromatic N) is 2. The van der Waals surface area contributed by atoms with Gasteiger partial charge in [0.2, 0.25) is 5.91 Å². The van der Waals surface area contributed by atoms with Gasteiger partial charge in [0, 0.05) is 15.9 Å². The molecule has 186 valence electrons. The van der Waals surface area contributed by atoms with Crippen molar-refractivity contribution < 1.29 is 19.1 Å². The monoisotopic (exact) mass is 595 g/mol. The third kappa shape index (κ3) is 6.07. The number of fused-ring (bicyclic) bond motifs is 2. The molecule has 1 aliphatic rings. The van der Waals surface area contributed by atoms with E-state index < -0.39 is 0 Å². The Labute approximate surface area is 224 Å². The number of amides is 2. The third-order valence-corrected chi connectivity index (χ3v) is 9.20. The van der Waals surface area contributed by atoms with Crippen LogP contribution < -0.4 is 10.1 Å². The molecule has 11 heteroatoms. The highest BCUT2D eigenvalue weighted by Crippen LogP contribution is 2.38. The molecule has 0 bridgehead atoms. The number of carbonyl (C=O) groups excluding carboxylic acids is 3. The maximum Gasteiger partial charge on any atom is 0.341 e. The van der Waals surface area contributed by atoms with Crippen LogP contribution in [0.3, 0.4) is 0 Å². The van der Waals surface area contributed by atoms with E-state index in [-0.39, 0.29) is 35.9 Å². The number of nitrogens with one attached hydrogen (secondary N) is 1. The maximum atomic E-state index is 12.6. The van der Waals surface area contributed by atoms with Crippen molar-refractivity contribution in [1.82, 2.24) is 4.57 Å². The number of hydrogen-bond acceptors (Lipinski definition) is 7. The molecule has 0 saturated carbocycles. The van der Waals surface area contributed by atoms with Crippen LogP contribution in [0.15, 0.2) is 27.7 Å². The van der Waals surface area contributed by atoms with Gasteiger partial charge in [-0.25, -0.2) is 4.79 Å². The van der Waals surface area contributed by atoms with Gasteiger partial charge in [-0.2, -0.15) is 4.99 Å². The number of aryl methyl sites for hydroxylation is 2. The smallest absolute Gasteiger partial charge is 0.341 e. The highest BCUT2D eigenvalue weighted by Gasteiger charge is 2.27. The van der Waals surface area contributed by atoms with Crippen LogP contribution in [-0.2, 0) is 33.7 Å². The van der Waals surface area contributed by atoms with E-state index in [1.54, 1.807) is 6.92 Å². The molecule has 4 rings (SSSR count). The maximum absolute atomic E-state index is 12.6. The summed E-state index contributed by atoms with van der Waals surface area (Å²) in [5.74, 6) is -0.722. The van der Waals surface area contributed by atoms with Crippen LogP contribution in [0.4, 0.5) is 5.00 Å². The Morgan fingerprint density at radius 1 is 1.17 bits per heavy atom. The molecule has 0 saturated heterocycles. The molecule has 3 aromatic rings. The molecule has 2 heterocycles. The van der Waals surface area contributed by atoms with Gasteiger partial charge in [0.05, 0.1) is 33.9 Å². The number of anilines is 1. The number of carbonyl (C=O) groups is 3. The lowest BCUT2D eigenvalue weighted by Crippen LogP contribution is -2.19. The summed E-state index contributed by atoms with van der Waals surface area (Å²) in [7, 11) is 0. The topological polar surface area (TPSA) is 89.8 Å². The first-order valence-corrected chi connectivity index (χ1v) is 15.0. The fourth-order valence-electron chi connectivity index (χ4n) is 4.04. The van der Waals surface area contributed by atoms with E-state index in [0.717, 1.165) is 50.8 Å². The zero-order valence-electron chi connectivity index (χ0n) is 19.5. The van der Waals surface area contributed by atoms with E-state index in [4.69, 9.17) is 4.74 Å². The van der Waals surface area contributed by atoms with Gasteiger partial charge in [0.15, 0.2) is 4.80 Å². The van der Waals surface area contributed by atoms with E-state index in [0.29, 0.717) is 21.9 Å². The van der Waals surface area contributed by atoms with Crippen LogP contribution in [0.5, 0.6) is 0 Å². The molecule has 0 fully saturated rings. The molecule has 1 aliphatic carbocycles. The number of benzene rings is 1. The van der Waals surface area contributed by atoms with Crippen LogP contribution in [0.2, 0.25) is 0 Å². The number of ether oxygens (including phenoxy) is 1. The van der Waals surface area contributed by atoms with E-state index in [2.05, 4.69) is 26.2 Å². The third-order valence-electron chi connectivity index (χ3n) is 5.54. The summed E-state index contributed by atoms with van der Waals surface area (Å²) in [4.78, 5) is 43.8. The predicted molar refractivity (Wildman–Crippen MR) is 147 cm³/mol. The van der Waals surface area contributed by atoms with E-state index >= 15 is 0 Å². The van der Waals surface area contributed by atoms with Gasteiger partial charge in [-0.1, -0.05) is 27.3 Å². The second-order valence-corrected chi connectivity index (χ2v) is 11.9. The molecule has 0 spiro atoms. The molecule has 2 amide bonds. The number of hydrogen-bond donors (Lipinski definition) is 1. The van der Waals surface area contributed by atoms with Crippen molar-refractivity contribution >= 4 is 83.4 Å². The van der Waals surface area contributed by atoms with Crippen molar-refractivity contribution in [2.75, 3.05) is 23.4 Å². The Balaban J connectivity index is 1.40. The number of esters is 1. The summed E-state index contributed by atoms with van der Waals surface area (Å²) in [5, 5.41) is 3.43. The fourth-order valence-corrected chi connectivity index (χ4v) is 7.60. The first-order valence-electron chi connectivity index (χ1n) is 11.5. The van der Waals surface area contributed by atoms with Crippen molar-refractivity contribution in [3.8, 4) is 0 Å². The predicted octanol–water partition coefficient (Wildman–Crippen LogP) is 5.40. The standard InChI is InChI=1S/C24H26BrN3O4S3/c1-3-28-16-10-9-14(25)11-18(16)35-24(28)27-20(30)13-33-12-19(29)26-22-21(23(31)32-4-2)15-7-5-6-8-17(15)34-22/h9-11H,3-8,12-13H2,1-2H3,(H,26,29). The minimum absolute atomic E-state index is 0.0965. The summed E-state index contributed by atoms with van der Waals surface area (Å²) in [6.45, 7) is 4.78. The van der Waals surface area contributed by atoms with Crippen LogP contribution >= 0.6 is 50.4 Å². The molecular weight excluding hydrogens is 570 g/mol. The van der Waals surface area contributed by atoms with Gasteiger partial charge < -0.3 is 14.6 Å². The van der Waals surface area contributed by atoms with Gasteiger partial charge in [-0.3, -0.25) is 9.59 Å². The van der Waals surface area contributed by atoms with E-state index in [1.165, 1.54) is 34.4 Å². The van der Waals surface area contributed by atoms with E-state index in [9.17, 15) is 14.4 Å². The molecule has 7 nitrogen and oxygen atoms in total. The van der Waals surface area contributed by atoms with Crippen molar-refractivity contribution in [2.45, 2.75) is 46.1 Å². The molecule has 0 aliphatic heterocycles. The average molecular weight is 597 g/mol. The fraction of sp³-hybridized carbons (Fsp3) is 0.417. The SMILES string of the molecule is CCOC(=O)c1c(NC(=O)CSCC(=O)N=c2sc3cc(Br)ccc3n2CC)sc2c1CCCC2. The van der Waals surface area contributed by atoms with E-state index in [1.807, 2.05) is 29.7 Å². The first kappa shape index (κ1) is 26.1. The molecule has 0 unspecified atom stereocenters. The van der Waals surface area contributed by atoms with Crippen LogP contribution in [-0.4, -0.2) is 40.5 Å². The van der Waals surface area contributed by atoms with Crippen LogP contribution in [0, 0.1) is 0 Å². The lowest BCUT2D eigenvalue weighted by Gasteiger charge is -2.12. The minimum Gasteiger partial charge on any atom is -0.462 e. The summed E-state index contributed by atoms with van der Waals surface area (Å²) in [6, 6.07) is 6.00. The van der Waals surface area contributed by atoms with Crippen LogP contribution in [0.1, 0.15) is 47.5 Å². The summed E-state index contributed by atoms with van der Waals surface area (Å²) in [5.41, 5.74) is 2.54. The highest BCUT2D eigenvalue weighted by molar-refractivity contribution is 9.10. The second kappa shape index (κ2) is 11.9. The van der Waals surface area contributed by atoms with Gasteiger partial charge in [-0.15, -0.1) is 23.1 Å². The lowest BCUT2D eigenvalue weighted by atomic mass is 9.95. The summed E-state index contributed by atoms with van der Waals surface area (Å²) in [6.07, 6.45) is 3.85. The normalized spacial score (nSPS) is 13.6. The number of halogens is 1.